The Balaban J connectivity index is 1.47. The first-order valence-electron chi connectivity index (χ1n) is 11.8. The lowest BCUT2D eigenvalue weighted by molar-refractivity contribution is -0.131. The number of carbonyl (C=O) groups is 1. The molecule has 5 rings (SSSR count). The molecule has 5 heteroatoms. The van der Waals surface area contributed by atoms with E-state index >= 15 is 0 Å². The summed E-state index contributed by atoms with van der Waals surface area (Å²) in [6.07, 6.45) is 2.72. The Morgan fingerprint density at radius 2 is 1.67 bits per heavy atom. The van der Waals surface area contributed by atoms with E-state index in [1.807, 2.05) is 36.5 Å². The molecule has 1 aromatic heterocycles. The number of halogens is 1. The van der Waals surface area contributed by atoms with E-state index in [9.17, 15) is 4.79 Å². The fraction of sp³-hybridized carbons (Fsp3) is 0.0968. The van der Waals surface area contributed by atoms with Gasteiger partial charge in [-0.1, -0.05) is 78.3 Å². The number of esters is 1. The summed E-state index contributed by atoms with van der Waals surface area (Å²) in [5, 5.41) is 5.19. The minimum absolute atomic E-state index is 0.325. The monoisotopic (exact) mass is 492 g/mol. The molecule has 0 atom stereocenters. The molecule has 0 aliphatic heterocycles. The molecule has 0 unspecified atom stereocenters. The third-order valence-corrected chi connectivity index (χ3v) is 6.30. The first-order valence-corrected chi connectivity index (χ1v) is 12.2. The number of hydrogen-bond donors (Lipinski definition) is 1. The van der Waals surface area contributed by atoms with E-state index in [0.29, 0.717) is 17.3 Å². The van der Waals surface area contributed by atoms with Crippen molar-refractivity contribution in [2.75, 3.05) is 5.32 Å². The smallest absolute Gasteiger partial charge is 0.308 e. The molecule has 0 amide bonds. The topological polar surface area (TPSA) is 51.2 Å². The Kier molecular flexibility index (Phi) is 6.96. The quantitative estimate of drug-likeness (QED) is 0.187. The predicted octanol–water partition coefficient (Wildman–Crippen LogP) is 7.68. The van der Waals surface area contributed by atoms with Crippen LogP contribution >= 0.6 is 11.6 Å². The van der Waals surface area contributed by atoms with Crippen LogP contribution in [0.4, 0.5) is 5.69 Å². The number of pyridine rings is 1. The number of ether oxygens (including phenoxy) is 1. The van der Waals surface area contributed by atoms with Crippen molar-refractivity contribution in [2.24, 2.45) is 0 Å². The first kappa shape index (κ1) is 23.6. The summed E-state index contributed by atoms with van der Waals surface area (Å²) >= 11 is 6.51. The predicted molar refractivity (Wildman–Crippen MR) is 147 cm³/mol. The Morgan fingerprint density at radius 1 is 0.889 bits per heavy atom. The molecule has 4 aromatic carbocycles. The summed E-state index contributed by atoms with van der Waals surface area (Å²) in [5.41, 5.74) is 7.52. The maximum atomic E-state index is 11.1. The fourth-order valence-electron chi connectivity index (χ4n) is 4.35. The average molecular weight is 493 g/mol. The third-order valence-electron chi connectivity index (χ3n) is 6.00. The second-order valence-electron chi connectivity index (χ2n) is 8.63. The van der Waals surface area contributed by atoms with E-state index in [0.717, 1.165) is 45.3 Å². The van der Waals surface area contributed by atoms with Gasteiger partial charge in [-0.3, -0.25) is 9.78 Å². The van der Waals surface area contributed by atoms with Gasteiger partial charge in [0.2, 0.25) is 0 Å². The SMILES string of the molecule is CC(=O)Oc1ccc(CNc2cccc(-c3c(Cc4ccccc4)cnc4c(Cl)cccc34)c2)cc1. The van der Waals surface area contributed by atoms with Crippen LogP contribution in [0.25, 0.3) is 22.0 Å². The molecular weight excluding hydrogens is 468 g/mol. The van der Waals surface area contributed by atoms with Crippen LogP contribution in [0, 0.1) is 0 Å². The Hall–Kier alpha value is -4.15. The van der Waals surface area contributed by atoms with Crippen molar-refractivity contribution in [1.29, 1.82) is 0 Å². The normalized spacial score (nSPS) is 10.8. The van der Waals surface area contributed by atoms with E-state index < -0.39 is 0 Å². The van der Waals surface area contributed by atoms with Crippen LogP contribution in [-0.2, 0) is 17.8 Å². The lowest BCUT2D eigenvalue weighted by Crippen LogP contribution is -2.02. The second kappa shape index (κ2) is 10.6. The molecule has 4 nitrogen and oxygen atoms in total. The lowest BCUT2D eigenvalue weighted by Gasteiger charge is -2.15. The minimum atomic E-state index is -0.325. The number of para-hydroxylation sites is 1. The maximum Gasteiger partial charge on any atom is 0.308 e. The number of nitrogens with zero attached hydrogens (tertiary/aromatic N) is 1. The Morgan fingerprint density at radius 3 is 2.44 bits per heavy atom. The number of nitrogens with one attached hydrogen (secondary N) is 1. The molecule has 0 radical (unpaired) electrons. The van der Waals surface area contributed by atoms with Gasteiger partial charge in [0, 0.05) is 30.7 Å². The van der Waals surface area contributed by atoms with Crippen molar-refractivity contribution < 1.29 is 9.53 Å². The van der Waals surface area contributed by atoms with Crippen LogP contribution in [0.1, 0.15) is 23.6 Å². The highest BCUT2D eigenvalue weighted by atomic mass is 35.5. The van der Waals surface area contributed by atoms with Crippen LogP contribution in [0.3, 0.4) is 0 Å². The highest BCUT2D eigenvalue weighted by Crippen LogP contribution is 2.36. The lowest BCUT2D eigenvalue weighted by atomic mass is 9.92. The average Bonchev–Trinajstić information content (AvgIpc) is 2.89. The number of rotatable bonds is 7. The summed E-state index contributed by atoms with van der Waals surface area (Å²) in [7, 11) is 0. The zero-order valence-electron chi connectivity index (χ0n) is 19.9. The van der Waals surface area contributed by atoms with Gasteiger partial charge in [0.15, 0.2) is 0 Å². The molecule has 1 heterocycles. The summed E-state index contributed by atoms with van der Waals surface area (Å²) < 4.78 is 5.12. The molecule has 0 saturated heterocycles. The standard InChI is InChI=1S/C31H25ClN2O2/c1-21(35)36-27-15-13-23(14-16-27)19-33-26-10-5-9-24(18-26)30-25(17-22-7-3-2-4-8-22)20-34-31-28(30)11-6-12-29(31)32/h2-16,18,20,33H,17,19H2,1H3. The van der Waals surface area contributed by atoms with Crippen molar-refractivity contribution in [3.63, 3.8) is 0 Å². The number of aromatic nitrogens is 1. The molecule has 36 heavy (non-hydrogen) atoms. The van der Waals surface area contributed by atoms with Crippen molar-refractivity contribution in [1.82, 2.24) is 4.98 Å². The van der Waals surface area contributed by atoms with Crippen LogP contribution in [0.2, 0.25) is 5.02 Å². The molecule has 0 aliphatic rings. The third kappa shape index (κ3) is 5.40. The number of anilines is 1. The van der Waals surface area contributed by atoms with Crippen LogP contribution < -0.4 is 10.1 Å². The molecule has 0 spiro atoms. The van der Waals surface area contributed by atoms with Gasteiger partial charge < -0.3 is 10.1 Å². The van der Waals surface area contributed by atoms with Gasteiger partial charge in [0.1, 0.15) is 5.75 Å². The highest BCUT2D eigenvalue weighted by molar-refractivity contribution is 6.35. The molecule has 0 bridgehead atoms. The number of fused-ring (bicyclic) bond motifs is 1. The van der Waals surface area contributed by atoms with Gasteiger partial charge in [-0.15, -0.1) is 0 Å². The zero-order chi connectivity index (χ0) is 24.9. The van der Waals surface area contributed by atoms with E-state index in [4.69, 9.17) is 21.3 Å². The van der Waals surface area contributed by atoms with Gasteiger partial charge >= 0.3 is 5.97 Å². The molecule has 0 saturated carbocycles. The van der Waals surface area contributed by atoms with Gasteiger partial charge in [-0.25, -0.2) is 0 Å². The maximum absolute atomic E-state index is 11.1. The van der Waals surface area contributed by atoms with Crippen molar-refractivity contribution in [2.45, 2.75) is 19.9 Å². The molecule has 0 aliphatic carbocycles. The van der Waals surface area contributed by atoms with Crippen LogP contribution in [0.5, 0.6) is 5.75 Å². The largest absolute Gasteiger partial charge is 0.427 e. The van der Waals surface area contributed by atoms with Crippen molar-refractivity contribution in [3.05, 3.63) is 125 Å². The van der Waals surface area contributed by atoms with E-state index in [1.54, 1.807) is 12.1 Å². The Bertz CT molecular complexity index is 1520. The summed E-state index contributed by atoms with van der Waals surface area (Å²) in [6, 6.07) is 32.3. The zero-order valence-corrected chi connectivity index (χ0v) is 20.6. The number of benzene rings is 4. The molecule has 178 valence electrons. The van der Waals surface area contributed by atoms with Crippen LogP contribution in [0.15, 0.2) is 103 Å². The van der Waals surface area contributed by atoms with E-state index in [1.165, 1.54) is 12.5 Å². The molecule has 1 N–H and O–H groups in total. The van der Waals surface area contributed by atoms with Crippen molar-refractivity contribution >= 4 is 34.2 Å². The summed E-state index contributed by atoms with van der Waals surface area (Å²) in [6.45, 7) is 2.04. The van der Waals surface area contributed by atoms with Crippen molar-refractivity contribution in [3.8, 4) is 16.9 Å². The molecule has 5 aromatic rings. The summed E-state index contributed by atoms with van der Waals surface area (Å²) in [4.78, 5) is 15.8. The molecular formula is C31H25ClN2O2. The highest BCUT2D eigenvalue weighted by Gasteiger charge is 2.14. The number of carbonyl (C=O) groups excluding carboxylic acids is 1. The van der Waals surface area contributed by atoms with Gasteiger partial charge in [-0.05, 0) is 64.6 Å². The minimum Gasteiger partial charge on any atom is -0.427 e. The van der Waals surface area contributed by atoms with Gasteiger partial charge in [0.25, 0.3) is 0 Å². The van der Waals surface area contributed by atoms with Gasteiger partial charge in [0.05, 0.1) is 10.5 Å². The van der Waals surface area contributed by atoms with Crippen LogP contribution in [-0.4, -0.2) is 11.0 Å². The Labute approximate surface area is 215 Å². The van der Waals surface area contributed by atoms with Gasteiger partial charge in [-0.2, -0.15) is 0 Å². The van der Waals surface area contributed by atoms with E-state index in [2.05, 4.69) is 59.9 Å². The fourth-order valence-corrected chi connectivity index (χ4v) is 4.57. The molecule has 0 fully saturated rings. The number of hydrogen-bond acceptors (Lipinski definition) is 4. The first-order chi connectivity index (χ1) is 17.6. The van der Waals surface area contributed by atoms with E-state index in [-0.39, 0.29) is 5.97 Å². The second-order valence-corrected chi connectivity index (χ2v) is 9.04. The summed E-state index contributed by atoms with van der Waals surface area (Å²) in [5.74, 6) is 0.219.